The molecule has 3 aromatic carbocycles. The van der Waals surface area contributed by atoms with Gasteiger partial charge in [-0.05, 0) is 48.9 Å². The second-order valence-electron chi connectivity index (χ2n) is 7.24. The lowest BCUT2D eigenvalue weighted by molar-refractivity contribution is -0.132. The largest absolute Gasteiger partial charge is 0.507 e. The van der Waals surface area contributed by atoms with Gasteiger partial charge in [-0.15, -0.1) is 0 Å². The zero-order valence-corrected chi connectivity index (χ0v) is 17.8. The van der Waals surface area contributed by atoms with E-state index in [-0.39, 0.29) is 11.3 Å². The van der Waals surface area contributed by atoms with Gasteiger partial charge in [0.05, 0.1) is 25.3 Å². The number of rotatable bonds is 6. The van der Waals surface area contributed by atoms with Gasteiger partial charge in [-0.25, -0.2) is 0 Å². The predicted octanol–water partition coefficient (Wildman–Crippen LogP) is 4.72. The number of ketones is 1. The Balaban J connectivity index is 1.93. The zero-order chi connectivity index (χ0) is 22.7. The topological polar surface area (TPSA) is 76.1 Å². The highest BCUT2D eigenvalue weighted by Crippen LogP contribution is 2.42. The SMILES string of the molecule is CCOc1cccc(/C(O)=C2/C(=O)C(=O)N(c3ccccc3)C2c2cccc(OC)c2)c1. The standard InChI is InChI=1S/C26H23NO5/c1-3-32-21-14-8-10-18(16-21)24(28)22-23(17-9-7-13-20(15-17)31-2)27(26(30)25(22)29)19-11-5-4-6-12-19/h4-16,23,28H,3H2,1-2H3/b24-22-. The van der Waals surface area contributed by atoms with Crippen molar-refractivity contribution < 1.29 is 24.2 Å². The molecule has 1 atom stereocenters. The molecule has 0 bridgehead atoms. The summed E-state index contributed by atoms with van der Waals surface area (Å²) in [6, 6.07) is 22.1. The Labute approximate surface area is 186 Å². The summed E-state index contributed by atoms with van der Waals surface area (Å²) >= 11 is 0. The van der Waals surface area contributed by atoms with E-state index in [9.17, 15) is 14.7 Å². The summed E-state index contributed by atoms with van der Waals surface area (Å²) in [7, 11) is 1.55. The molecule has 1 N–H and O–H groups in total. The monoisotopic (exact) mass is 429 g/mol. The minimum atomic E-state index is -0.816. The average molecular weight is 429 g/mol. The first-order valence-corrected chi connectivity index (χ1v) is 10.3. The number of methoxy groups -OCH3 is 1. The van der Waals surface area contributed by atoms with Gasteiger partial charge in [-0.2, -0.15) is 0 Å². The molecule has 1 amide bonds. The third kappa shape index (κ3) is 3.83. The van der Waals surface area contributed by atoms with Crippen molar-refractivity contribution in [2.45, 2.75) is 13.0 Å². The van der Waals surface area contributed by atoms with Crippen molar-refractivity contribution in [1.29, 1.82) is 0 Å². The van der Waals surface area contributed by atoms with Gasteiger partial charge < -0.3 is 14.6 Å². The van der Waals surface area contributed by atoms with Gasteiger partial charge in [0, 0.05) is 11.3 Å². The zero-order valence-electron chi connectivity index (χ0n) is 17.8. The molecule has 162 valence electrons. The van der Waals surface area contributed by atoms with E-state index in [0.717, 1.165) is 0 Å². The molecular formula is C26H23NO5. The molecule has 3 aromatic rings. The van der Waals surface area contributed by atoms with E-state index in [1.807, 2.05) is 13.0 Å². The molecule has 0 aromatic heterocycles. The second kappa shape index (κ2) is 8.98. The predicted molar refractivity (Wildman–Crippen MR) is 122 cm³/mol. The molecule has 1 unspecified atom stereocenters. The van der Waals surface area contributed by atoms with Crippen LogP contribution >= 0.6 is 0 Å². The number of nitrogens with zero attached hydrogens (tertiary/aromatic N) is 1. The first-order valence-electron chi connectivity index (χ1n) is 10.3. The van der Waals surface area contributed by atoms with Gasteiger partial charge in [0.25, 0.3) is 11.7 Å². The first kappa shape index (κ1) is 21.2. The van der Waals surface area contributed by atoms with Crippen LogP contribution in [0.3, 0.4) is 0 Å². The fourth-order valence-electron chi connectivity index (χ4n) is 3.87. The number of anilines is 1. The fraction of sp³-hybridized carbons (Fsp3) is 0.154. The molecule has 1 aliphatic rings. The van der Waals surface area contributed by atoms with Gasteiger partial charge in [0.15, 0.2) is 0 Å². The number of hydrogen-bond acceptors (Lipinski definition) is 5. The average Bonchev–Trinajstić information content (AvgIpc) is 3.10. The summed E-state index contributed by atoms with van der Waals surface area (Å²) in [6.45, 7) is 2.33. The lowest BCUT2D eigenvalue weighted by atomic mass is 9.95. The van der Waals surface area contributed by atoms with Crippen LogP contribution in [0.1, 0.15) is 24.1 Å². The van der Waals surface area contributed by atoms with Crippen LogP contribution in [0.2, 0.25) is 0 Å². The highest BCUT2D eigenvalue weighted by molar-refractivity contribution is 6.51. The van der Waals surface area contributed by atoms with Crippen molar-refractivity contribution in [3.8, 4) is 11.5 Å². The van der Waals surface area contributed by atoms with E-state index in [4.69, 9.17) is 9.47 Å². The molecule has 6 nitrogen and oxygen atoms in total. The summed E-state index contributed by atoms with van der Waals surface area (Å²) in [5, 5.41) is 11.2. The van der Waals surface area contributed by atoms with Crippen molar-refractivity contribution in [2.24, 2.45) is 0 Å². The molecule has 0 aliphatic carbocycles. The summed E-state index contributed by atoms with van der Waals surface area (Å²) < 4.78 is 10.9. The Hall–Kier alpha value is -4.06. The Kier molecular flexibility index (Phi) is 5.94. The molecule has 0 saturated carbocycles. The van der Waals surface area contributed by atoms with Crippen LogP contribution in [0.5, 0.6) is 11.5 Å². The third-order valence-corrected chi connectivity index (χ3v) is 5.31. The number of amides is 1. The van der Waals surface area contributed by atoms with Crippen molar-refractivity contribution in [2.75, 3.05) is 18.6 Å². The Morgan fingerprint density at radius 1 is 0.938 bits per heavy atom. The van der Waals surface area contributed by atoms with Crippen LogP contribution < -0.4 is 14.4 Å². The number of ether oxygens (including phenoxy) is 2. The molecule has 4 rings (SSSR count). The van der Waals surface area contributed by atoms with Crippen LogP contribution in [0.25, 0.3) is 5.76 Å². The number of para-hydroxylation sites is 1. The molecule has 1 heterocycles. The molecule has 32 heavy (non-hydrogen) atoms. The summed E-state index contributed by atoms with van der Waals surface area (Å²) in [6.07, 6.45) is 0. The van der Waals surface area contributed by atoms with Crippen LogP contribution in [0.4, 0.5) is 5.69 Å². The second-order valence-corrected chi connectivity index (χ2v) is 7.24. The Morgan fingerprint density at radius 3 is 2.38 bits per heavy atom. The maximum absolute atomic E-state index is 13.2. The number of aliphatic hydroxyl groups is 1. The van der Waals surface area contributed by atoms with E-state index in [2.05, 4.69) is 0 Å². The molecular weight excluding hydrogens is 406 g/mol. The van der Waals surface area contributed by atoms with Gasteiger partial charge >= 0.3 is 0 Å². The Bertz CT molecular complexity index is 1190. The summed E-state index contributed by atoms with van der Waals surface area (Å²) in [4.78, 5) is 27.7. The maximum Gasteiger partial charge on any atom is 0.300 e. The normalized spacial score (nSPS) is 17.4. The number of hydrogen-bond donors (Lipinski definition) is 1. The van der Waals surface area contributed by atoms with Gasteiger partial charge in [-0.1, -0.05) is 42.5 Å². The highest BCUT2D eigenvalue weighted by Gasteiger charge is 2.47. The fourth-order valence-corrected chi connectivity index (χ4v) is 3.87. The molecule has 6 heteroatoms. The van der Waals surface area contributed by atoms with Gasteiger partial charge in [0.1, 0.15) is 17.3 Å². The van der Waals surface area contributed by atoms with E-state index in [0.29, 0.717) is 34.9 Å². The van der Waals surface area contributed by atoms with Crippen molar-refractivity contribution in [3.63, 3.8) is 0 Å². The lowest BCUT2D eigenvalue weighted by Crippen LogP contribution is -2.29. The van der Waals surface area contributed by atoms with Gasteiger partial charge in [0.2, 0.25) is 0 Å². The minimum Gasteiger partial charge on any atom is -0.507 e. The minimum absolute atomic E-state index is 0.0146. The summed E-state index contributed by atoms with van der Waals surface area (Å²) in [5.74, 6) is -0.560. The number of carbonyl (C=O) groups excluding carboxylic acids is 2. The molecule has 1 saturated heterocycles. The van der Waals surface area contributed by atoms with Crippen molar-refractivity contribution in [3.05, 3.63) is 95.6 Å². The quantitative estimate of drug-likeness (QED) is 0.349. The Morgan fingerprint density at radius 2 is 1.66 bits per heavy atom. The molecule has 1 fully saturated rings. The van der Waals surface area contributed by atoms with E-state index >= 15 is 0 Å². The maximum atomic E-state index is 13.2. The number of aliphatic hydroxyl groups excluding tert-OH is 1. The molecule has 1 aliphatic heterocycles. The number of carbonyl (C=O) groups is 2. The van der Waals surface area contributed by atoms with Crippen LogP contribution in [0.15, 0.2) is 84.4 Å². The number of Topliss-reactive ketones (excluding diaryl/α,β-unsaturated/α-hetero) is 1. The van der Waals surface area contributed by atoms with Crippen LogP contribution in [-0.2, 0) is 9.59 Å². The third-order valence-electron chi connectivity index (χ3n) is 5.31. The summed E-state index contributed by atoms with van der Waals surface area (Å²) in [5.41, 5.74) is 1.62. The van der Waals surface area contributed by atoms with Crippen LogP contribution in [0, 0.1) is 0 Å². The highest BCUT2D eigenvalue weighted by atomic mass is 16.5. The lowest BCUT2D eigenvalue weighted by Gasteiger charge is -2.25. The van der Waals surface area contributed by atoms with Crippen molar-refractivity contribution in [1.82, 2.24) is 0 Å². The molecule has 0 spiro atoms. The number of benzene rings is 3. The van der Waals surface area contributed by atoms with E-state index in [1.165, 1.54) is 4.90 Å². The molecule has 0 radical (unpaired) electrons. The van der Waals surface area contributed by atoms with Crippen molar-refractivity contribution >= 4 is 23.1 Å². The van der Waals surface area contributed by atoms with Crippen LogP contribution in [-0.4, -0.2) is 30.5 Å². The first-order chi connectivity index (χ1) is 15.5. The van der Waals surface area contributed by atoms with E-state index < -0.39 is 17.7 Å². The van der Waals surface area contributed by atoms with Gasteiger partial charge in [-0.3, -0.25) is 14.5 Å². The smallest absolute Gasteiger partial charge is 0.300 e. The van der Waals surface area contributed by atoms with E-state index in [1.54, 1.807) is 79.9 Å².